The molecule has 0 spiro atoms. The highest BCUT2D eigenvalue weighted by atomic mass is 15.2. The number of rotatable bonds is 3. The van der Waals surface area contributed by atoms with Crippen LogP contribution in [0.25, 0.3) is 0 Å². The van der Waals surface area contributed by atoms with Crippen LogP contribution in [0.1, 0.15) is 17.1 Å². The van der Waals surface area contributed by atoms with E-state index in [9.17, 15) is 0 Å². The molecule has 0 bridgehead atoms. The number of pyridine rings is 1. The summed E-state index contributed by atoms with van der Waals surface area (Å²) in [5.74, 6) is 1.38. The van der Waals surface area contributed by atoms with Crippen molar-refractivity contribution < 1.29 is 0 Å². The van der Waals surface area contributed by atoms with E-state index in [4.69, 9.17) is 5.26 Å². The van der Waals surface area contributed by atoms with Gasteiger partial charge in [-0.1, -0.05) is 0 Å². The lowest BCUT2D eigenvalue weighted by atomic mass is 10.2. The number of nitrogens with one attached hydrogen (secondary N) is 2. The van der Waals surface area contributed by atoms with Gasteiger partial charge < -0.3 is 5.32 Å². The predicted molar refractivity (Wildman–Crippen MR) is 57.4 cm³/mol. The Morgan fingerprint density at radius 2 is 2.38 bits per heavy atom. The van der Waals surface area contributed by atoms with E-state index >= 15 is 0 Å². The lowest BCUT2D eigenvalue weighted by Crippen LogP contribution is -2.04. The van der Waals surface area contributed by atoms with E-state index in [1.54, 1.807) is 12.1 Å². The van der Waals surface area contributed by atoms with Crippen LogP contribution in [-0.2, 0) is 6.54 Å². The summed E-state index contributed by atoms with van der Waals surface area (Å²) in [7, 11) is 0. The molecule has 0 radical (unpaired) electrons. The highest BCUT2D eigenvalue weighted by molar-refractivity contribution is 5.44. The molecular weight excluding hydrogens is 204 g/mol. The number of aromatic nitrogens is 4. The molecule has 80 valence electrons. The fraction of sp³-hybridized carbons (Fsp3) is 0.200. The van der Waals surface area contributed by atoms with Crippen molar-refractivity contribution in [3.63, 3.8) is 0 Å². The first-order valence-electron chi connectivity index (χ1n) is 4.75. The van der Waals surface area contributed by atoms with E-state index in [2.05, 4.69) is 31.6 Å². The zero-order valence-electron chi connectivity index (χ0n) is 8.73. The zero-order chi connectivity index (χ0) is 11.4. The maximum Gasteiger partial charge on any atom is 0.143 e. The van der Waals surface area contributed by atoms with Crippen molar-refractivity contribution in [3.05, 3.63) is 35.5 Å². The number of aryl methyl sites for hydroxylation is 1. The topological polar surface area (TPSA) is 90.3 Å². The summed E-state index contributed by atoms with van der Waals surface area (Å²) in [5.41, 5.74) is 1.40. The number of H-pyrrole nitrogens is 1. The van der Waals surface area contributed by atoms with E-state index < -0.39 is 0 Å². The van der Waals surface area contributed by atoms with Crippen LogP contribution in [0.4, 0.5) is 5.82 Å². The quantitative estimate of drug-likeness (QED) is 0.795. The molecule has 0 aliphatic heterocycles. The summed E-state index contributed by atoms with van der Waals surface area (Å²) in [4.78, 5) is 8.23. The molecule has 0 fully saturated rings. The molecule has 0 aliphatic rings. The highest BCUT2D eigenvalue weighted by Crippen LogP contribution is 2.09. The van der Waals surface area contributed by atoms with Gasteiger partial charge in [0, 0.05) is 5.69 Å². The average Bonchev–Trinajstić information content (AvgIpc) is 2.78. The second-order valence-corrected chi connectivity index (χ2v) is 3.28. The first-order valence-corrected chi connectivity index (χ1v) is 4.75. The van der Waals surface area contributed by atoms with E-state index in [1.165, 1.54) is 6.33 Å². The van der Waals surface area contributed by atoms with Crippen LogP contribution in [-0.4, -0.2) is 20.2 Å². The number of aromatic amines is 1. The van der Waals surface area contributed by atoms with E-state index in [0.29, 0.717) is 17.9 Å². The van der Waals surface area contributed by atoms with Gasteiger partial charge in [0.25, 0.3) is 0 Å². The van der Waals surface area contributed by atoms with Gasteiger partial charge in [0.15, 0.2) is 0 Å². The molecule has 0 aliphatic carbocycles. The Bertz CT molecular complexity index is 511. The van der Waals surface area contributed by atoms with Crippen LogP contribution >= 0.6 is 0 Å². The number of hydrogen-bond acceptors (Lipinski definition) is 5. The van der Waals surface area contributed by atoms with Crippen molar-refractivity contribution in [1.29, 1.82) is 5.26 Å². The first kappa shape index (κ1) is 10.1. The minimum atomic E-state index is 0.501. The van der Waals surface area contributed by atoms with Crippen LogP contribution in [0.3, 0.4) is 0 Å². The lowest BCUT2D eigenvalue weighted by Gasteiger charge is -2.04. The van der Waals surface area contributed by atoms with Gasteiger partial charge in [-0.2, -0.15) is 10.4 Å². The molecule has 0 aromatic carbocycles. The summed E-state index contributed by atoms with van der Waals surface area (Å²) in [6.07, 6.45) is 1.45. The molecule has 0 unspecified atom stereocenters. The second-order valence-electron chi connectivity index (χ2n) is 3.28. The Morgan fingerprint density at radius 3 is 3.06 bits per heavy atom. The molecule has 6 nitrogen and oxygen atoms in total. The van der Waals surface area contributed by atoms with Crippen molar-refractivity contribution in [1.82, 2.24) is 20.2 Å². The number of nitrogens with zero attached hydrogens (tertiary/aromatic N) is 4. The van der Waals surface area contributed by atoms with Gasteiger partial charge in [-0.25, -0.2) is 9.97 Å². The Hall–Kier alpha value is -2.42. The smallest absolute Gasteiger partial charge is 0.143 e. The average molecular weight is 214 g/mol. The predicted octanol–water partition coefficient (Wildman–Crippen LogP) is 0.992. The van der Waals surface area contributed by atoms with E-state index in [0.717, 1.165) is 11.5 Å². The van der Waals surface area contributed by atoms with Crippen molar-refractivity contribution in [3.8, 4) is 6.07 Å². The largest absolute Gasteiger partial charge is 0.363 e. The fourth-order valence-corrected chi connectivity index (χ4v) is 1.31. The summed E-state index contributed by atoms with van der Waals surface area (Å²) in [6, 6.07) is 5.52. The van der Waals surface area contributed by atoms with Crippen LogP contribution in [0, 0.1) is 18.3 Å². The molecule has 0 amide bonds. The van der Waals surface area contributed by atoms with Crippen molar-refractivity contribution in [2.75, 3.05) is 5.32 Å². The SMILES string of the molecule is Cc1cc(C#N)cc(NCc2ncn[nH]2)n1. The normalized spacial score (nSPS) is 9.75. The first-order chi connectivity index (χ1) is 7.78. The monoisotopic (exact) mass is 214 g/mol. The summed E-state index contributed by atoms with van der Waals surface area (Å²) >= 11 is 0. The van der Waals surface area contributed by atoms with Gasteiger partial charge in [-0.3, -0.25) is 5.10 Å². The minimum absolute atomic E-state index is 0.501. The molecule has 16 heavy (non-hydrogen) atoms. The third-order valence-corrected chi connectivity index (χ3v) is 1.98. The van der Waals surface area contributed by atoms with Gasteiger partial charge in [-0.05, 0) is 19.1 Å². The third-order valence-electron chi connectivity index (χ3n) is 1.98. The van der Waals surface area contributed by atoms with Gasteiger partial charge in [0.2, 0.25) is 0 Å². The molecule has 2 heterocycles. The van der Waals surface area contributed by atoms with Crippen LogP contribution in [0.5, 0.6) is 0 Å². The Morgan fingerprint density at radius 1 is 1.50 bits per heavy atom. The van der Waals surface area contributed by atoms with Crippen LogP contribution in [0.15, 0.2) is 18.5 Å². The third kappa shape index (κ3) is 2.33. The maximum atomic E-state index is 8.80. The summed E-state index contributed by atoms with van der Waals surface area (Å²) in [6.45, 7) is 2.35. The van der Waals surface area contributed by atoms with Gasteiger partial charge >= 0.3 is 0 Å². The number of anilines is 1. The number of nitriles is 1. The van der Waals surface area contributed by atoms with E-state index in [-0.39, 0.29) is 0 Å². The molecule has 0 atom stereocenters. The molecule has 2 aromatic rings. The lowest BCUT2D eigenvalue weighted by molar-refractivity contribution is 0.945. The molecule has 0 saturated carbocycles. The molecule has 6 heteroatoms. The number of hydrogen-bond donors (Lipinski definition) is 2. The minimum Gasteiger partial charge on any atom is -0.363 e. The van der Waals surface area contributed by atoms with Crippen molar-refractivity contribution in [2.45, 2.75) is 13.5 Å². The second kappa shape index (κ2) is 4.40. The standard InChI is InChI=1S/C10H10N6/c1-7-2-8(4-11)3-9(15-7)12-5-10-13-6-14-16-10/h2-3,6H,5H2,1H3,(H,12,15)(H,13,14,16). The summed E-state index contributed by atoms with van der Waals surface area (Å²) in [5, 5.41) is 18.3. The Labute approximate surface area is 92.4 Å². The summed E-state index contributed by atoms with van der Waals surface area (Å²) < 4.78 is 0. The van der Waals surface area contributed by atoms with Gasteiger partial charge in [0.1, 0.15) is 18.0 Å². The van der Waals surface area contributed by atoms with Crippen molar-refractivity contribution in [2.24, 2.45) is 0 Å². The maximum absolute atomic E-state index is 8.80. The zero-order valence-corrected chi connectivity index (χ0v) is 8.73. The molecule has 0 saturated heterocycles. The van der Waals surface area contributed by atoms with Gasteiger partial charge in [-0.15, -0.1) is 0 Å². The fourth-order valence-electron chi connectivity index (χ4n) is 1.31. The molecular formula is C10H10N6. The van der Waals surface area contributed by atoms with Crippen molar-refractivity contribution >= 4 is 5.82 Å². The molecule has 2 N–H and O–H groups in total. The van der Waals surface area contributed by atoms with Crippen LogP contribution < -0.4 is 5.32 Å². The van der Waals surface area contributed by atoms with E-state index in [1.807, 2.05) is 6.92 Å². The van der Waals surface area contributed by atoms with Gasteiger partial charge in [0.05, 0.1) is 18.2 Å². The van der Waals surface area contributed by atoms with Crippen LogP contribution in [0.2, 0.25) is 0 Å². The Kier molecular flexibility index (Phi) is 2.78. The molecule has 2 aromatic heterocycles. The Balaban J connectivity index is 2.10. The molecule has 2 rings (SSSR count). The highest BCUT2D eigenvalue weighted by Gasteiger charge is 2.00.